The maximum atomic E-state index is 11.4. The molecule has 3 N–H and O–H groups in total. The lowest BCUT2D eigenvalue weighted by Gasteiger charge is -2.12. The molecular formula is C14H21NO4S. The molecule has 0 saturated carbocycles. The van der Waals surface area contributed by atoms with Crippen molar-refractivity contribution >= 4 is 23.4 Å². The molecule has 1 rings (SSSR count). The molecule has 0 radical (unpaired) electrons. The van der Waals surface area contributed by atoms with E-state index in [9.17, 15) is 9.90 Å². The number of aromatic carboxylic acids is 1. The normalized spacial score (nSPS) is 10.5. The van der Waals surface area contributed by atoms with E-state index in [1.165, 1.54) is 11.8 Å². The first kappa shape index (κ1) is 16.8. The molecule has 5 nitrogen and oxygen atoms in total. The first-order chi connectivity index (χ1) is 9.70. The van der Waals surface area contributed by atoms with Crippen molar-refractivity contribution in [1.29, 1.82) is 0 Å². The number of carbonyl (C=O) groups is 1. The van der Waals surface area contributed by atoms with Gasteiger partial charge in [-0.15, -0.1) is 11.8 Å². The second-order valence-electron chi connectivity index (χ2n) is 4.03. The van der Waals surface area contributed by atoms with E-state index in [1.54, 1.807) is 6.07 Å². The van der Waals surface area contributed by atoms with Gasteiger partial charge in [0.15, 0.2) is 0 Å². The highest BCUT2D eigenvalue weighted by atomic mass is 32.2. The highest BCUT2D eigenvalue weighted by Gasteiger charge is 2.15. The molecule has 0 heterocycles. The fraction of sp³-hybridized carbons (Fsp3) is 0.500. The van der Waals surface area contributed by atoms with Gasteiger partial charge in [-0.25, -0.2) is 4.79 Å². The molecule has 0 amide bonds. The summed E-state index contributed by atoms with van der Waals surface area (Å²) in [5.74, 6) is -0.0841. The summed E-state index contributed by atoms with van der Waals surface area (Å²) in [6, 6.07) is 5.46. The number of ether oxygens (including phenoxy) is 1. The van der Waals surface area contributed by atoms with E-state index in [0.29, 0.717) is 31.0 Å². The molecule has 0 bridgehead atoms. The summed E-state index contributed by atoms with van der Waals surface area (Å²) in [6.45, 7) is 3.52. The number of carboxylic acid groups (broad SMARTS) is 1. The second kappa shape index (κ2) is 9.63. The quantitative estimate of drug-likeness (QED) is 0.454. The van der Waals surface area contributed by atoms with E-state index < -0.39 is 5.97 Å². The Balaban J connectivity index is 2.60. The third-order valence-electron chi connectivity index (χ3n) is 2.56. The first-order valence-corrected chi connectivity index (χ1v) is 7.60. The van der Waals surface area contributed by atoms with Gasteiger partial charge in [0.25, 0.3) is 0 Å². The minimum absolute atomic E-state index is 0.0207. The molecule has 0 aliphatic carbocycles. The Kier molecular flexibility index (Phi) is 8.10. The van der Waals surface area contributed by atoms with Crippen LogP contribution >= 0.6 is 11.8 Å². The summed E-state index contributed by atoms with van der Waals surface area (Å²) in [7, 11) is 0. The smallest absolute Gasteiger partial charge is 0.338 e. The number of hydrogen-bond acceptors (Lipinski definition) is 5. The highest BCUT2D eigenvalue weighted by molar-refractivity contribution is 7.99. The van der Waals surface area contributed by atoms with Crippen molar-refractivity contribution in [3.63, 3.8) is 0 Å². The summed E-state index contributed by atoms with van der Waals surface area (Å²) >= 11 is 1.52. The zero-order valence-corrected chi connectivity index (χ0v) is 12.4. The molecule has 112 valence electrons. The minimum Gasteiger partial charge on any atom is -0.478 e. The maximum Gasteiger partial charge on any atom is 0.338 e. The second-order valence-corrected chi connectivity index (χ2v) is 5.34. The van der Waals surface area contributed by atoms with Crippen LogP contribution in [0.4, 0.5) is 5.69 Å². The van der Waals surface area contributed by atoms with Crippen LogP contribution in [-0.2, 0) is 4.74 Å². The molecule has 0 atom stereocenters. The highest BCUT2D eigenvalue weighted by Crippen LogP contribution is 2.28. The summed E-state index contributed by atoms with van der Waals surface area (Å²) in [4.78, 5) is 12.2. The zero-order chi connectivity index (χ0) is 14.8. The average Bonchev–Trinajstić information content (AvgIpc) is 2.43. The topological polar surface area (TPSA) is 78.8 Å². The predicted octanol–water partition coefficient (Wildman–Crippen LogP) is 2.31. The van der Waals surface area contributed by atoms with Gasteiger partial charge in [0.05, 0.1) is 18.8 Å². The Morgan fingerprint density at radius 1 is 1.40 bits per heavy atom. The van der Waals surface area contributed by atoms with Crippen molar-refractivity contribution in [2.45, 2.75) is 18.2 Å². The zero-order valence-electron chi connectivity index (χ0n) is 11.6. The number of thioether (sulfide) groups is 1. The van der Waals surface area contributed by atoms with Crippen molar-refractivity contribution in [2.24, 2.45) is 0 Å². The molecule has 0 unspecified atom stereocenters. The van der Waals surface area contributed by atoms with Crippen LogP contribution in [0.15, 0.2) is 23.1 Å². The van der Waals surface area contributed by atoms with Gasteiger partial charge in [-0.3, -0.25) is 0 Å². The summed E-state index contributed by atoms with van der Waals surface area (Å²) in [6.07, 6.45) is 0.754. The summed E-state index contributed by atoms with van der Waals surface area (Å²) in [5.41, 5.74) is 0.966. The molecule has 1 aromatic carbocycles. The number of benzene rings is 1. The number of carboxylic acids is 1. The molecule has 0 saturated heterocycles. The molecule has 6 heteroatoms. The number of aliphatic hydroxyl groups excluding tert-OH is 1. The van der Waals surface area contributed by atoms with Crippen LogP contribution in [0.2, 0.25) is 0 Å². The number of rotatable bonds is 10. The number of hydrogen-bond donors (Lipinski definition) is 3. The molecule has 0 aliphatic heterocycles. The molecule has 0 aromatic heterocycles. The Morgan fingerprint density at radius 2 is 2.20 bits per heavy atom. The van der Waals surface area contributed by atoms with Gasteiger partial charge in [0, 0.05) is 23.7 Å². The minimum atomic E-state index is -0.916. The molecule has 0 fully saturated rings. The van der Waals surface area contributed by atoms with Gasteiger partial charge in [0.1, 0.15) is 0 Å². The number of anilines is 1. The lowest BCUT2D eigenvalue weighted by molar-refractivity contribution is 0.0694. The van der Waals surface area contributed by atoms with E-state index in [-0.39, 0.29) is 6.61 Å². The van der Waals surface area contributed by atoms with Crippen molar-refractivity contribution < 1.29 is 19.7 Å². The van der Waals surface area contributed by atoms with E-state index >= 15 is 0 Å². The fourth-order valence-corrected chi connectivity index (χ4v) is 2.57. The molecular weight excluding hydrogens is 278 g/mol. The van der Waals surface area contributed by atoms with Crippen LogP contribution in [0.1, 0.15) is 23.7 Å². The Morgan fingerprint density at radius 3 is 2.85 bits per heavy atom. The summed E-state index contributed by atoms with van der Waals surface area (Å²) in [5, 5.41) is 21.0. The van der Waals surface area contributed by atoms with Gasteiger partial charge in [0.2, 0.25) is 0 Å². The molecule has 20 heavy (non-hydrogen) atoms. The Hall–Kier alpha value is -1.24. The Labute approximate surface area is 123 Å². The standard InChI is InChI=1S/C14H21NO4S/c1-2-20-12-6-3-5-11(13(12)14(17)18)15-7-4-9-19-10-8-16/h3,5-6,15-16H,2,4,7-10H2,1H3,(H,17,18). The third kappa shape index (κ3) is 5.40. The van der Waals surface area contributed by atoms with Crippen LogP contribution < -0.4 is 5.32 Å². The van der Waals surface area contributed by atoms with Gasteiger partial charge < -0.3 is 20.3 Å². The lowest BCUT2D eigenvalue weighted by Crippen LogP contribution is -2.11. The lowest BCUT2D eigenvalue weighted by atomic mass is 10.1. The molecule has 0 aliphatic rings. The van der Waals surface area contributed by atoms with Crippen molar-refractivity contribution in [3.8, 4) is 0 Å². The Bertz CT molecular complexity index is 426. The molecule has 1 aromatic rings. The van der Waals surface area contributed by atoms with E-state index in [0.717, 1.165) is 17.1 Å². The van der Waals surface area contributed by atoms with Crippen LogP contribution in [0, 0.1) is 0 Å². The van der Waals surface area contributed by atoms with Gasteiger partial charge >= 0.3 is 5.97 Å². The van der Waals surface area contributed by atoms with Crippen LogP contribution in [-0.4, -0.2) is 48.3 Å². The number of aliphatic hydroxyl groups is 1. The average molecular weight is 299 g/mol. The van der Waals surface area contributed by atoms with Crippen molar-refractivity contribution in [3.05, 3.63) is 23.8 Å². The number of nitrogens with one attached hydrogen (secondary N) is 1. The predicted molar refractivity (Wildman–Crippen MR) is 80.8 cm³/mol. The third-order valence-corrected chi connectivity index (χ3v) is 3.50. The summed E-state index contributed by atoms with van der Waals surface area (Å²) < 4.78 is 5.15. The van der Waals surface area contributed by atoms with Crippen molar-refractivity contribution in [1.82, 2.24) is 0 Å². The van der Waals surface area contributed by atoms with Gasteiger partial charge in [-0.05, 0) is 24.3 Å². The maximum absolute atomic E-state index is 11.4. The van der Waals surface area contributed by atoms with E-state index in [1.807, 2.05) is 19.1 Å². The SMILES string of the molecule is CCSc1cccc(NCCCOCCO)c1C(=O)O. The fourth-order valence-electron chi connectivity index (χ4n) is 1.74. The van der Waals surface area contributed by atoms with Gasteiger partial charge in [-0.1, -0.05) is 13.0 Å². The largest absolute Gasteiger partial charge is 0.478 e. The van der Waals surface area contributed by atoms with E-state index in [2.05, 4.69) is 5.32 Å². The monoisotopic (exact) mass is 299 g/mol. The van der Waals surface area contributed by atoms with Crippen LogP contribution in [0.5, 0.6) is 0 Å². The first-order valence-electron chi connectivity index (χ1n) is 6.62. The van der Waals surface area contributed by atoms with Gasteiger partial charge in [-0.2, -0.15) is 0 Å². The van der Waals surface area contributed by atoms with Crippen molar-refractivity contribution in [2.75, 3.05) is 37.4 Å². The van der Waals surface area contributed by atoms with E-state index in [4.69, 9.17) is 9.84 Å². The van der Waals surface area contributed by atoms with Crippen LogP contribution in [0.3, 0.4) is 0 Å². The van der Waals surface area contributed by atoms with Crippen LogP contribution in [0.25, 0.3) is 0 Å². The molecule has 0 spiro atoms.